The highest BCUT2D eigenvalue weighted by Gasteiger charge is 2.19. The van der Waals surface area contributed by atoms with Crippen LogP contribution in [0.15, 0.2) is 12.5 Å². The van der Waals surface area contributed by atoms with E-state index in [0.717, 1.165) is 19.0 Å². The van der Waals surface area contributed by atoms with Crippen LogP contribution in [0.3, 0.4) is 0 Å². The summed E-state index contributed by atoms with van der Waals surface area (Å²) in [5.74, 6) is 0.862. The van der Waals surface area contributed by atoms with E-state index in [1.165, 1.54) is 31.6 Å². The van der Waals surface area contributed by atoms with E-state index in [9.17, 15) is 0 Å². The summed E-state index contributed by atoms with van der Waals surface area (Å²) in [4.78, 5) is 6.84. The molecule has 0 bridgehead atoms. The molecule has 0 aromatic carbocycles. The molecule has 1 saturated heterocycles. The van der Waals surface area contributed by atoms with Gasteiger partial charge in [-0.3, -0.25) is 4.90 Å². The van der Waals surface area contributed by atoms with Gasteiger partial charge < -0.3 is 9.88 Å². The van der Waals surface area contributed by atoms with Gasteiger partial charge in [-0.05, 0) is 59.3 Å². The first kappa shape index (κ1) is 13.6. The van der Waals surface area contributed by atoms with Crippen molar-refractivity contribution in [2.24, 2.45) is 5.92 Å². The van der Waals surface area contributed by atoms with E-state index in [4.69, 9.17) is 0 Å². The molecule has 0 spiro atoms. The number of hydrogen-bond acceptors (Lipinski definition) is 3. The fourth-order valence-electron chi connectivity index (χ4n) is 2.79. The molecule has 1 aromatic rings. The molecule has 0 unspecified atom stereocenters. The normalized spacial score (nSPS) is 18.7. The van der Waals surface area contributed by atoms with Crippen LogP contribution in [0.1, 0.15) is 38.4 Å². The lowest BCUT2D eigenvalue weighted by molar-refractivity contribution is 0.172. The maximum absolute atomic E-state index is 4.28. The second-order valence-electron chi connectivity index (χ2n) is 5.66. The molecule has 2 heterocycles. The average Bonchev–Trinajstić information content (AvgIpc) is 2.80. The molecular weight excluding hydrogens is 224 g/mol. The number of nitrogens with one attached hydrogen (secondary N) is 1. The highest BCUT2D eigenvalue weighted by molar-refractivity contribution is 5.00. The molecule has 4 heteroatoms. The summed E-state index contributed by atoms with van der Waals surface area (Å²) in [5.41, 5.74) is 1.34. The van der Waals surface area contributed by atoms with Gasteiger partial charge in [-0.2, -0.15) is 0 Å². The minimum Gasteiger partial charge on any atom is -0.331 e. The van der Waals surface area contributed by atoms with Crippen molar-refractivity contribution in [2.45, 2.75) is 39.3 Å². The quantitative estimate of drug-likeness (QED) is 0.866. The molecule has 0 atom stereocenters. The van der Waals surface area contributed by atoms with Crippen LogP contribution in [0, 0.1) is 5.92 Å². The van der Waals surface area contributed by atoms with Crippen LogP contribution in [-0.4, -0.2) is 41.1 Å². The van der Waals surface area contributed by atoms with Crippen molar-refractivity contribution in [3.05, 3.63) is 18.2 Å². The first-order valence-corrected chi connectivity index (χ1v) is 7.08. The SMILES string of the molecule is CNCC1CCN(Cc2cncn2C(C)C)CC1. The summed E-state index contributed by atoms with van der Waals surface area (Å²) in [7, 11) is 2.05. The van der Waals surface area contributed by atoms with Crippen LogP contribution in [0.5, 0.6) is 0 Å². The third-order valence-electron chi connectivity index (χ3n) is 3.89. The largest absolute Gasteiger partial charge is 0.331 e. The average molecular weight is 250 g/mol. The third-order valence-corrected chi connectivity index (χ3v) is 3.89. The van der Waals surface area contributed by atoms with Crippen molar-refractivity contribution < 1.29 is 0 Å². The molecule has 4 nitrogen and oxygen atoms in total. The van der Waals surface area contributed by atoms with Crippen molar-refractivity contribution in [3.8, 4) is 0 Å². The smallest absolute Gasteiger partial charge is 0.0951 e. The Morgan fingerprint density at radius 3 is 2.72 bits per heavy atom. The Morgan fingerprint density at radius 1 is 1.39 bits per heavy atom. The van der Waals surface area contributed by atoms with Crippen molar-refractivity contribution in [3.63, 3.8) is 0 Å². The predicted octanol–water partition coefficient (Wildman–Crippen LogP) is 1.90. The zero-order valence-electron chi connectivity index (χ0n) is 11.9. The van der Waals surface area contributed by atoms with Crippen LogP contribution in [0.4, 0.5) is 0 Å². The van der Waals surface area contributed by atoms with E-state index in [2.05, 4.69) is 33.6 Å². The van der Waals surface area contributed by atoms with Gasteiger partial charge in [-0.25, -0.2) is 4.98 Å². The second-order valence-corrected chi connectivity index (χ2v) is 5.66. The molecular formula is C14H26N4. The van der Waals surface area contributed by atoms with Crippen LogP contribution in [-0.2, 0) is 6.54 Å². The van der Waals surface area contributed by atoms with Crippen molar-refractivity contribution in [1.29, 1.82) is 0 Å². The standard InChI is InChI=1S/C14H26N4/c1-12(2)18-11-16-9-14(18)10-17-6-4-13(5-7-17)8-15-3/h9,11-13,15H,4-8,10H2,1-3H3. The molecule has 0 aliphatic carbocycles. The number of piperidine rings is 1. The second kappa shape index (κ2) is 6.34. The van der Waals surface area contributed by atoms with Crippen molar-refractivity contribution >= 4 is 0 Å². The first-order valence-electron chi connectivity index (χ1n) is 7.08. The van der Waals surface area contributed by atoms with Crippen molar-refractivity contribution in [2.75, 3.05) is 26.7 Å². The monoisotopic (exact) mass is 250 g/mol. The summed E-state index contributed by atoms with van der Waals surface area (Å²) in [6, 6.07) is 0.504. The van der Waals surface area contributed by atoms with E-state index in [-0.39, 0.29) is 0 Å². The number of rotatable bonds is 5. The zero-order valence-corrected chi connectivity index (χ0v) is 11.9. The Kier molecular flexibility index (Phi) is 4.78. The lowest BCUT2D eigenvalue weighted by Gasteiger charge is -2.32. The Bertz CT molecular complexity index is 350. The molecule has 102 valence electrons. The molecule has 1 aromatic heterocycles. The zero-order chi connectivity index (χ0) is 13.0. The van der Waals surface area contributed by atoms with E-state index in [0.29, 0.717) is 6.04 Å². The van der Waals surface area contributed by atoms with Crippen LogP contribution in [0.25, 0.3) is 0 Å². The summed E-state index contributed by atoms with van der Waals surface area (Å²) in [6.07, 6.45) is 6.60. The maximum atomic E-state index is 4.28. The fourth-order valence-corrected chi connectivity index (χ4v) is 2.79. The van der Waals surface area contributed by atoms with Gasteiger partial charge in [0.05, 0.1) is 12.0 Å². The lowest BCUT2D eigenvalue weighted by atomic mass is 9.97. The molecule has 2 rings (SSSR count). The minimum absolute atomic E-state index is 0.504. The number of imidazole rings is 1. The van der Waals surface area contributed by atoms with Gasteiger partial charge in [-0.15, -0.1) is 0 Å². The van der Waals surface area contributed by atoms with Crippen LogP contribution >= 0.6 is 0 Å². The topological polar surface area (TPSA) is 33.1 Å². The van der Waals surface area contributed by atoms with Gasteiger partial charge in [0.2, 0.25) is 0 Å². The number of hydrogen-bond donors (Lipinski definition) is 1. The van der Waals surface area contributed by atoms with Gasteiger partial charge in [0.15, 0.2) is 0 Å². The first-order chi connectivity index (χ1) is 8.70. The molecule has 0 saturated carbocycles. The third kappa shape index (κ3) is 3.33. The fraction of sp³-hybridized carbons (Fsp3) is 0.786. The Balaban J connectivity index is 1.86. The number of aromatic nitrogens is 2. The summed E-state index contributed by atoms with van der Waals surface area (Å²) in [6.45, 7) is 9.07. The summed E-state index contributed by atoms with van der Waals surface area (Å²) >= 11 is 0. The predicted molar refractivity (Wildman–Crippen MR) is 74.5 cm³/mol. The minimum atomic E-state index is 0.504. The summed E-state index contributed by atoms with van der Waals surface area (Å²) < 4.78 is 2.28. The van der Waals surface area contributed by atoms with Gasteiger partial charge in [0.25, 0.3) is 0 Å². The van der Waals surface area contributed by atoms with E-state index in [1.807, 2.05) is 19.6 Å². The van der Waals surface area contributed by atoms with E-state index in [1.54, 1.807) is 0 Å². The van der Waals surface area contributed by atoms with Gasteiger partial charge >= 0.3 is 0 Å². The van der Waals surface area contributed by atoms with E-state index < -0.39 is 0 Å². The Morgan fingerprint density at radius 2 is 2.11 bits per heavy atom. The van der Waals surface area contributed by atoms with E-state index >= 15 is 0 Å². The molecule has 1 N–H and O–H groups in total. The van der Waals surface area contributed by atoms with Crippen LogP contribution in [0.2, 0.25) is 0 Å². The molecule has 0 amide bonds. The number of likely N-dealkylation sites (tertiary alicyclic amines) is 1. The highest BCUT2D eigenvalue weighted by Crippen LogP contribution is 2.19. The van der Waals surface area contributed by atoms with Crippen molar-refractivity contribution in [1.82, 2.24) is 19.8 Å². The van der Waals surface area contributed by atoms with Gasteiger partial charge in [0.1, 0.15) is 0 Å². The van der Waals surface area contributed by atoms with Gasteiger partial charge in [-0.1, -0.05) is 0 Å². The lowest BCUT2D eigenvalue weighted by Crippen LogP contribution is -2.36. The molecule has 18 heavy (non-hydrogen) atoms. The summed E-state index contributed by atoms with van der Waals surface area (Å²) in [5, 5.41) is 3.29. The molecule has 1 fully saturated rings. The highest BCUT2D eigenvalue weighted by atomic mass is 15.2. The maximum Gasteiger partial charge on any atom is 0.0951 e. The molecule has 0 radical (unpaired) electrons. The Labute approximate surface area is 110 Å². The van der Waals surface area contributed by atoms with Crippen LogP contribution < -0.4 is 5.32 Å². The molecule has 1 aliphatic heterocycles. The van der Waals surface area contributed by atoms with Gasteiger partial charge in [0, 0.05) is 18.8 Å². The number of nitrogens with zero attached hydrogens (tertiary/aromatic N) is 3. The Hall–Kier alpha value is -0.870. The molecule has 1 aliphatic rings.